The smallest absolute Gasteiger partial charge is 0.241 e. The standard InChI is InChI=1S/C21H18F2N6O2S2/c1-32-13-5-2-11(3-6-13)18-25-17(31-28-18)10-33-21-26-19-14(9-24-27-19)20(30)29(21)12-4-7-15(22)16(23)8-12/h2-8,14,19,24,27H,9-10H2,1H3. The fourth-order valence-electron chi connectivity index (χ4n) is 3.53. The van der Waals surface area contributed by atoms with Gasteiger partial charge in [0, 0.05) is 23.1 Å². The molecule has 1 amide bonds. The SMILES string of the molecule is CSc1ccc(-c2noc(CSC3=NC4NNCC4C(=O)N3c3ccc(F)c(F)c3)n2)cc1. The van der Waals surface area contributed by atoms with E-state index in [4.69, 9.17) is 4.52 Å². The number of thioether (sulfide) groups is 2. The zero-order valence-corrected chi connectivity index (χ0v) is 18.9. The van der Waals surface area contributed by atoms with Gasteiger partial charge in [0.1, 0.15) is 6.17 Å². The highest BCUT2D eigenvalue weighted by Gasteiger charge is 2.42. The molecule has 2 aliphatic heterocycles. The molecule has 2 unspecified atom stereocenters. The van der Waals surface area contributed by atoms with Crippen molar-refractivity contribution in [1.29, 1.82) is 0 Å². The van der Waals surface area contributed by atoms with Crippen molar-refractivity contribution in [3.05, 3.63) is 60.0 Å². The first-order chi connectivity index (χ1) is 16.0. The molecule has 2 N–H and O–H groups in total. The first kappa shape index (κ1) is 22.0. The molecule has 0 bridgehead atoms. The normalized spacial score (nSPS) is 20.2. The predicted octanol–water partition coefficient (Wildman–Crippen LogP) is 3.42. The van der Waals surface area contributed by atoms with E-state index >= 15 is 0 Å². The fraction of sp³-hybridized carbons (Fsp3) is 0.238. The van der Waals surface area contributed by atoms with Crippen LogP contribution in [0.25, 0.3) is 11.4 Å². The summed E-state index contributed by atoms with van der Waals surface area (Å²) in [5.74, 6) is -1.69. The predicted molar refractivity (Wildman–Crippen MR) is 123 cm³/mol. The Morgan fingerprint density at radius 3 is 2.76 bits per heavy atom. The molecule has 0 spiro atoms. The van der Waals surface area contributed by atoms with Gasteiger partial charge in [-0.15, -0.1) is 11.8 Å². The van der Waals surface area contributed by atoms with Crippen LogP contribution in [0.3, 0.4) is 0 Å². The zero-order valence-electron chi connectivity index (χ0n) is 17.3. The highest BCUT2D eigenvalue weighted by molar-refractivity contribution is 8.13. The average molecular weight is 489 g/mol. The molecular formula is C21H18F2N6O2S2. The van der Waals surface area contributed by atoms with E-state index in [1.165, 1.54) is 22.7 Å². The van der Waals surface area contributed by atoms with Gasteiger partial charge in [0.25, 0.3) is 0 Å². The van der Waals surface area contributed by atoms with Crippen molar-refractivity contribution in [2.45, 2.75) is 16.8 Å². The number of aromatic nitrogens is 2. The number of amides is 1. The summed E-state index contributed by atoms with van der Waals surface area (Å²) in [5, 5.41) is 4.36. The number of halogens is 2. The number of carbonyl (C=O) groups is 1. The Morgan fingerprint density at radius 2 is 2.00 bits per heavy atom. The van der Waals surface area contributed by atoms with Gasteiger partial charge in [-0.05, 0) is 42.7 Å². The third-order valence-corrected chi connectivity index (χ3v) is 6.91. The molecule has 170 valence electrons. The highest BCUT2D eigenvalue weighted by atomic mass is 32.2. The maximum absolute atomic E-state index is 13.9. The molecule has 1 saturated heterocycles. The van der Waals surface area contributed by atoms with E-state index in [1.54, 1.807) is 11.8 Å². The Morgan fingerprint density at radius 1 is 1.18 bits per heavy atom. The van der Waals surface area contributed by atoms with Gasteiger partial charge < -0.3 is 4.52 Å². The van der Waals surface area contributed by atoms with Crippen molar-refractivity contribution in [2.24, 2.45) is 10.9 Å². The summed E-state index contributed by atoms with van der Waals surface area (Å²) in [6, 6.07) is 11.1. The summed E-state index contributed by atoms with van der Waals surface area (Å²) in [6.45, 7) is 0.382. The van der Waals surface area contributed by atoms with Crippen molar-refractivity contribution in [1.82, 2.24) is 21.0 Å². The van der Waals surface area contributed by atoms with Crippen LogP contribution in [0, 0.1) is 17.6 Å². The third kappa shape index (κ3) is 4.38. The van der Waals surface area contributed by atoms with Crippen LogP contribution in [0.5, 0.6) is 0 Å². The van der Waals surface area contributed by atoms with Crippen molar-refractivity contribution >= 4 is 40.3 Å². The molecule has 2 atom stereocenters. The molecular weight excluding hydrogens is 470 g/mol. The molecule has 0 aliphatic carbocycles. The number of anilines is 1. The van der Waals surface area contributed by atoms with Crippen LogP contribution in [0.1, 0.15) is 5.89 Å². The van der Waals surface area contributed by atoms with Gasteiger partial charge in [0.15, 0.2) is 16.8 Å². The Bertz CT molecular complexity index is 1220. The Labute approximate surface area is 196 Å². The van der Waals surface area contributed by atoms with Gasteiger partial charge in [-0.25, -0.2) is 19.2 Å². The lowest BCUT2D eigenvalue weighted by molar-refractivity contribution is -0.121. The minimum Gasteiger partial charge on any atom is -0.338 e. The summed E-state index contributed by atoms with van der Waals surface area (Å²) >= 11 is 2.84. The third-order valence-electron chi connectivity index (χ3n) is 5.23. The first-order valence-electron chi connectivity index (χ1n) is 9.98. The summed E-state index contributed by atoms with van der Waals surface area (Å²) in [6.07, 6.45) is 1.55. The van der Waals surface area contributed by atoms with Crippen LogP contribution in [-0.2, 0) is 10.5 Å². The average Bonchev–Trinajstić information content (AvgIpc) is 3.50. The minimum atomic E-state index is -1.04. The maximum atomic E-state index is 13.9. The first-order valence-corrected chi connectivity index (χ1v) is 12.2. The number of nitrogens with one attached hydrogen (secondary N) is 2. The van der Waals surface area contributed by atoms with E-state index in [0.717, 1.165) is 22.6 Å². The topological polar surface area (TPSA) is 95.7 Å². The van der Waals surface area contributed by atoms with Gasteiger partial charge in [0.05, 0.1) is 17.4 Å². The second-order valence-electron chi connectivity index (χ2n) is 7.29. The van der Waals surface area contributed by atoms with Crippen LogP contribution in [0.4, 0.5) is 14.5 Å². The van der Waals surface area contributed by atoms with Gasteiger partial charge in [-0.2, -0.15) is 4.98 Å². The van der Waals surface area contributed by atoms with Gasteiger partial charge in [0.2, 0.25) is 17.6 Å². The van der Waals surface area contributed by atoms with Gasteiger partial charge >= 0.3 is 0 Å². The number of carbonyl (C=O) groups excluding carboxylic acids is 1. The molecule has 2 aromatic carbocycles. The lowest BCUT2D eigenvalue weighted by Crippen LogP contribution is -2.49. The maximum Gasteiger partial charge on any atom is 0.241 e. The Hall–Kier alpha value is -2.80. The second kappa shape index (κ2) is 9.21. The molecule has 3 aromatic rings. The van der Waals surface area contributed by atoms with Crippen LogP contribution >= 0.6 is 23.5 Å². The fourth-order valence-corrected chi connectivity index (χ4v) is 4.82. The number of nitrogens with zero attached hydrogens (tertiary/aromatic N) is 4. The highest BCUT2D eigenvalue weighted by Crippen LogP contribution is 2.31. The molecule has 12 heteroatoms. The summed E-state index contributed by atoms with van der Waals surface area (Å²) in [5.41, 5.74) is 6.91. The van der Waals surface area contributed by atoms with E-state index in [1.807, 2.05) is 30.5 Å². The minimum absolute atomic E-state index is 0.204. The molecule has 8 nitrogen and oxygen atoms in total. The van der Waals surface area contributed by atoms with E-state index in [-0.39, 0.29) is 17.3 Å². The van der Waals surface area contributed by atoms with E-state index in [2.05, 4.69) is 26.0 Å². The lowest BCUT2D eigenvalue weighted by atomic mass is 10.0. The molecule has 0 radical (unpaired) electrons. The van der Waals surface area contributed by atoms with Crippen LogP contribution in [0.2, 0.25) is 0 Å². The van der Waals surface area contributed by atoms with Crippen molar-refractivity contribution in [3.63, 3.8) is 0 Å². The number of benzene rings is 2. The van der Waals surface area contributed by atoms with Gasteiger partial charge in [-0.3, -0.25) is 15.1 Å². The number of rotatable bonds is 5. The van der Waals surface area contributed by atoms with Crippen molar-refractivity contribution in [2.75, 3.05) is 17.7 Å². The molecule has 5 rings (SSSR count). The molecule has 33 heavy (non-hydrogen) atoms. The molecule has 1 fully saturated rings. The zero-order chi connectivity index (χ0) is 22.9. The monoisotopic (exact) mass is 488 g/mol. The van der Waals surface area contributed by atoms with Crippen LogP contribution in [-0.4, -0.2) is 40.2 Å². The molecule has 1 aromatic heterocycles. The van der Waals surface area contributed by atoms with Gasteiger partial charge in [-0.1, -0.05) is 16.9 Å². The number of hydrogen-bond acceptors (Lipinski definition) is 9. The number of hydrogen-bond donors (Lipinski definition) is 2. The summed E-state index contributed by atoms with van der Waals surface area (Å²) in [4.78, 5) is 24.6. The quantitative estimate of drug-likeness (QED) is 0.528. The summed E-state index contributed by atoms with van der Waals surface area (Å²) in [7, 11) is 0. The van der Waals surface area contributed by atoms with Crippen molar-refractivity contribution < 1.29 is 18.1 Å². The Kier molecular flexibility index (Phi) is 6.15. The number of fused-ring (bicyclic) bond motifs is 1. The van der Waals surface area contributed by atoms with E-state index < -0.39 is 23.7 Å². The second-order valence-corrected chi connectivity index (χ2v) is 9.11. The number of amidine groups is 1. The molecule has 3 heterocycles. The lowest BCUT2D eigenvalue weighted by Gasteiger charge is -2.32. The summed E-state index contributed by atoms with van der Waals surface area (Å²) < 4.78 is 32.7. The Balaban J connectivity index is 1.38. The van der Waals surface area contributed by atoms with Crippen molar-refractivity contribution in [3.8, 4) is 11.4 Å². The largest absolute Gasteiger partial charge is 0.338 e. The van der Waals surface area contributed by atoms with Crippen LogP contribution in [0.15, 0.2) is 56.9 Å². The number of hydrazine groups is 1. The van der Waals surface area contributed by atoms with E-state index in [9.17, 15) is 13.6 Å². The molecule has 0 saturated carbocycles. The van der Waals surface area contributed by atoms with Crippen LogP contribution < -0.4 is 15.8 Å². The molecule has 2 aliphatic rings. The van der Waals surface area contributed by atoms with E-state index in [0.29, 0.717) is 23.4 Å². The number of aliphatic imine (C=N–C) groups is 1.